The largest absolute Gasteiger partial charge is 0.303 e. The van der Waals surface area contributed by atoms with E-state index in [2.05, 4.69) is 13.8 Å². The van der Waals surface area contributed by atoms with Gasteiger partial charge in [-0.05, 0) is 80.5 Å². The van der Waals surface area contributed by atoms with Gasteiger partial charge in [0.1, 0.15) is 6.29 Å². The minimum absolute atomic E-state index is 0.366. The molecule has 1 nitrogen and oxygen atoms in total. The highest BCUT2D eigenvalue weighted by Gasteiger charge is 2.49. The molecule has 1 heteroatoms. The van der Waals surface area contributed by atoms with Gasteiger partial charge in [0.15, 0.2) is 0 Å². The molecular formula is C26H46O. The van der Waals surface area contributed by atoms with Crippen molar-refractivity contribution in [2.45, 2.75) is 123 Å². The molecule has 0 saturated heterocycles. The number of carbonyl (C=O) groups is 1. The van der Waals surface area contributed by atoms with E-state index in [1.807, 2.05) is 0 Å². The monoisotopic (exact) mass is 374 g/mol. The molecule has 3 rings (SSSR count). The smallest absolute Gasteiger partial charge is 0.123 e. The molecular weight excluding hydrogens is 328 g/mol. The molecule has 0 aliphatic heterocycles. The molecule has 156 valence electrons. The summed E-state index contributed by atoms with van der Waals surface area (Å²) >= 11 is 0. The third-order valence-electron chi connectivity index (χ3n) is 9.06. The average Bonchev–Trinajstić information content (AvgIpc) is 2.72. The standard InChI is InChI=1S/C26H46O/c1-3-8-21-12-14-23(15-13-21)25(20-27)26(24-10-6-5-7-11-24)18-16-22(9-4-2)17-19-26/h20-25H,3-19H2,1-2H3/t21?,22-,23?,25?,26+. The number of hydrogen-bond donors (Lipinski definition) is 0. The summed E-state index contributed by atoms with van der Waals surface area (Å²) in [4.78, 5) is 12.6. The van der Waals surface area contributed by atoms with Crippen molar-refractivity contribution in [3.8, 4) is 0 Å². The van der Waals surface area contributed by atoms with Gasteiger partial charge in [0.25, 0.3) is 0 Å². The van der Waals surface area contributed by atoms with E-state index < -0.39 is 0 Å². The first-order valence-electron chi connectivity index (χ1n) is 12.7. The van der Waals surface area contributed by atoms with E-state index in [-0.39, 0.29) is 0 Å². The third-order valence-corrected chi connectivity index (χ3v) is 9.06. The van der Waals surface area contributed by atoms with E-state index in [4.69, 9.17) is 0 Å². The predicted octanol–water partition coefficient (Wildman–Crippen LogP) is 7.97. The Morgan fingerprint density at radius 3 is 1.85 bits per heavy atom. The first-order valence-corrected chi connectivity index (χ1v) is 12.7. The van der Waals surface area contributed by atoms with Crippen molar-refractivity contribution < 1.29 is 4.79 Å². The Hall–Kier alpha value is -0.330. The van der Waals surface area contributed by atoms with E-state index in [1.54, 1.807) is 0 Å². The van der Waals surface area contributed by atoms with Crippen LogP contribution in [0.1, 0.15) is 123 Å². The molecule has 0 spiro atoms. The van der Waals surface area contributed by atoms with Gasteiger partial charge in [-0.1, -0.05) is 71.6 Å². The summed E-state index contributed by atoms with van der Waals surface area (Å²) < 4.78 is 0. The Labute approximate surface area is 169 Å². The highest BCUT2D eigenvalue weighted by molar-refractivity contribution is 5.56. The summed E-state index contributed by atoms with van der Waals surface area (Å²) in [6.45, 7) is 4.67. The maximum absolute atomic E-state index is 12.6. The molecule has 3 aliphatic carbocycles. The van der Waals surface area contributed by atoms with E-state index in [0.29, 0.717) is 17.3 Å². The Balaban J connectivity index is 1.73. The van der Waals surface area contributed by atoms with Crippen molar-refractivity contribution in [1.29, 1.82) is 0 Å². The maximum atomic E-state index is 12.6. The molecule has 0 aromatic carbocycles. The topological polar surface area (TPSA) is 17.1 Å². The molecule has 3 saturated carbocycles. The van der Waals surface area contributed by atoms with Crippen LogP contribution in [0.3, 0.4) is 0 Å². The van der Waals surface area contributed by atoms with Crippen LogP contribution in [-0.2, 0) is 4.79 Å². The third kappa shape index (κ3) is 4.99. The summed E-state index contributed by atoms with van der Waals surface area (Å²) in [5.41, 5.74) is 0.370. The van der Waals surface area contributed by atoms with Gasteiger partial charge < -0.3 is 4.79 Å². The van der Waals surface area contributed by atoms with E-state index in [1.165, 1.54) is 115 Å². The fourth-order valence-electron chi connectivity index (χ4n) is 7.56. The van der Waals surface area contributed by atoms with E-state index in [0.717, 1.165) is 17.8 Å². The van der Waals surface area contributed by atoms with Crippen LogP contribution < -0.4 is 0 Å². The summed E-state index contributed by atoms with van der Waals surface area (Å²) in [6.07, 6.45) is 25.0. The first kappa shape index (κ1) is 21.4. The maximum Gasteiger partial charge on any atom is 0.123 e. The van der Waals surface area contributed by atoms with Gasteiger partial charge in [-0.25, -0.2) is 0 Å². The van der Waals surface area contributed by atoms with Crippen LogP contribution in [0.4, 0.5) is 0 Å². The Morgan fingerprint density at radius 2 is 1.33 bits per heavy atom. The van der Waals surface area contributed by atoms with Crippen LogP contribution in [0.5, 0.6) is 0 Å². The van der Waals surface area contributed by atoms with Crippen LogP contribution in [0.2, 0.25) is 0 Å². The fourth-order valence-corrected chi connectivity index (χ4v) is 7.56. The molecule has 0 aromatic rings. The van der Waals surface area contributed by atoms with Crippen LogP contribution in [0, 0.1) is 35.0 Å². The van der Waals surface area contributed by atoms with Gasteiger partial charge >= 0.3 is 0 Å². The van der Waals surface area contributed by atoms with Gasteiger partial charge in [0, 0.05) is 5.92 Å². The molecule has 0 aromatic heterocycles. The normalized spacial score (nSPS) is 37.0. The van der Waals surface area contributed by atoms with Crippen molar-refractivity contribution in [3.63, 3.8) is 0 Å². The molecule has 3 fully saturated rings. The lowest BCUT2D eigenvalue weighted by Gasteiger charge is -2.53. The van der Waals surface area contributed by atoms with Crippen molar-refractivity contribution in [1.82, 2.24) is 0 Å². The quantitative estimate of drug-likeness (QED) is 0.394. The van der Waals surface area contributed by atoms with Crippen molar-refractivity contribution >= 4 is 6.29 Å². The average molecular weight is 375 g/mol. The lowest BCUT2D eigenvalue weighted by atomic mass is 9.51. The minimum atomic E-state index is 0.366. The van der Waals surface area contributed by atoms with Gasteiger partial charge in [0.05, 0.1) is 0 Å². The Bertz CT molecular complexity index is 419. The highest BCUT2D eigenvalue weighted by atomic mass is 16.1. The van der Waals surface area contributed by atoms with E-state index >= 15 is 0 Å². The van der Waals surface area contributed by atoms with Crippen molar-refractivity contribution in [2.75, 3.05) is 0 Å². The van der Waals surface area contributed by atoms with Crippen LogP contribution in [-0.4, -0.2) is 6.29 Å². The second kappa shape index (κ2) is 10.4. The minimum Gasteiger partial charge on any atom is -0.303 e. The van der Waals surface area contributed by atoms with Gasteiger partial charge in [0.2, 0.25) is 0 Å². The zero-order valence-electron chi connectivity index (χ0n) is 18.4. The van der Waals surface area contributed by atoms with Gasteiger partial charge in [-0.3, -0.25) is 0 Å². The fraction of sp³-hybridized carbons (Fsp3) is 0.962. The second-order valence-electron chi connectivity index (χ2n) is 10.5. The summed E-state index contributed by atoms with van der Waals surface area (Å²) in [6, 6.07) is 0. The van der Waals surface area contributed by atoms with Gasteiger partial charge in [-0.2, -0.15) is 0 Å². The summed E-state index contributed by atoms with van der Waals surface area (Å²) in [7, 11) is 0. The van der Waals surface area contributed by atoms with E-state index in [9.17, 15) is 4.79 Å². The Morgan fingerprint density at radius 1 is 0.778 bits per heavy atom. The number of rotatable bonds is 8. The molecule has 0 bridgehead atoms. The molecule has 0 N–H and O–H groups in total. The molecule has 0 heterocycles. The van der Waals surface area contributed by atoms with Crippen LogP contribution in [0.25, 0.3) is 0 Å². The SMILES string of the molecule is CCCC1CCC(C(C=O)[C@]2(C3CCCCC3)CC[C@H](CCC)CC2)CC1. The predicted molar refractivity (Wildman–Crippen MR) is 116 cm³/mol. The van der Waals surface area contributed by atoms with Crippen LogP contribution in [0.15, 0.2) is 0 Å². The second-order valence-corrected chi connectivity index (χ2v) is 10.5. The van der Waals surface area contributed by atoms with Crippen molar-refractivity contribution in [2.24, 2.45) is 35.0 Å². The van der Waals surface area contributed by atoms with Gasteiger partial charge in [-0.15, -0.1) is 0 Å². The summed E-state index contributed by atoms with van der Waals surface area (Å²) in [5.74, 6) is 3.80. The zero-order valence-corrected chi connectivity index (χ0v) is 18.4. The number of hydrogen-bond acceptors (Lipinski definition) is 1. The molecule has 0 radical (unpaired) electrons. The van der Waals surface area contributed by atoms with Crippen molar-refractivity contribution in [3.05, 3.63) is 0 Å². The number of aldehydes is 1. The molecule has 3 aliphatic rings. The first-order chi connectivity index (χ1) is 13.2. The molecule has 1 unspecified atom stereocenters. The molecule has 1 atom stereocenters. The lowest BCUT2D eigenvalue weighted by Crippen LogP contribution is -2.46. The highest BCUT2D eigenvalue weighted by Crippen LogP contribution is 2.57. The zero-order chi connectivity index (χ0) is 19.1. The van der Waals surface area contributed by atoms with Crippen LogP contribution >= 0.6 is 0 Å². The Kier molecular flexibility index (Phi) is 8.27. The molecule has 27 heavy (non-hydrogen) atoms. The lowest BCUT2D eigenvalue weighted by molar-refractivity contribution is -0.125. The summed E-state index contributed by atoms with van der Waals surface area (Å²) in [5, 5.41) is 0. The molecule has 0 amide bonds. The number of carbonyl (C=O) groups excluding carboxylic acids is 1.